The predicted octanol–water partition coefficient (Wildman–Crippen LogP) is 3.40. The third-order valence-electron chi connectivity index (χ3n) is 5.40. The summed E-state index contributed by atoms with van der Waals surface area (Å²) in [5.41, 5.74) is 0.998. The molecule has 0 saturated heterocycles. The number of H-pyrrole nitrogens is 1. The maximum atomic E-state index is 12.7. The molecular weight excluding hydrogens is 362 g/mol. The van der Waals surface area contributed by atoms with Gasteiger partial charge in [-0.15, -0.1) is 0 Å². The molecule has 1 aliphatic carbocycles. The van der Waals surface area contributed by atoms with Gasteiger partial charge in [-0.25, -0.2) is 0 Å². The molecule has 0 spiro atoms. The van der Waals surface area contributed by atoms with Crippen LogP contribution >= 0.6 is 12.2 Å². The maximum Gasteiger partial charge on any atom is 0.262 e. The van der Waals surface area contributed by atoms with Crippen molar-refractivity contribution in [3.05, 3.63) is 38.9 Å². The van der Waals surface area contributed by atoms with E-state index in [2.05, 4.69) is 17.2 Å². The van der Waals surface area contributed by atoms with Gasteiger partial charge in [0.25, 0.3) is 11.5 Å². The van der Waals surface area contributed by atoms with Crippen molar-refractivity contribution in [2.24, 2.45) is 5.92 Å². The first-order valence-electron chi connectivity index (χ1n) is 9.58. The molecule has 0 radical (unpaired) electrons. The van der Waals surface area contributed by atoms with E-state index < -0.39 is 0 Å². The van der Waals surface area contributed by atoms with E-state index in [1.54, 1.807) is 29.9 Å². The highest BCUT2D eigenvalue weighted by atomic mass is 32.1. The average molecular weight is 390 g/mol. The Hall–Kier alpha value is -1.99. The topological polar surface area (TPSA) is 76.1 Å². The zero-order chi connectivity index (χ0) is 19.4. The van der Waals surface area contributed by atoms with Crippen molar-refractivity contribution in [1.29, 1.82) is 0 Å². The Bertz CT molecular complexity index is 934. The molecule has 6 nitrogen and oxygen atoms in total. The van der Waals surface area contributed by atoms with Gasteiger partial charge in [0.05, 0.1) is 10.9 Å². The number of fused-ring (bicyclic) bond motifs is 1. The van der Waals surface area contributed by atoms with Gasteiger partial charge in [-0.05, 0) is 55.6 Å². The molecule has 0 aliphatic heterocycles. The number of benzene rings is 1. The van der Waals surface area contributed by atoms with Crippen LogP contribution < -0.4 is 10.9 Å². The molecule has 1 heterocycles. The molecular formula is C20H27N3O3S. The van der Waals surface area contributed by atoms with E-state index >= 15 is 0 Å². The lowest BCUT2D eigenvalue weighted by Gasteiger charge is -2.29. The van der Waals surface area contributed by atoms with E-state index in [1.165, 1.54) is 6.42 Å². The van der Waals surface area contributed by atoms with Crippen molar-refractivity contribution < 1.29 is 9.53 Å². The van der Waals surface area contributed by atoms with E-state index in [1.807, 2.05) is 0 Å². The fourth-order valence-electron chi connectivity index (χ4n) is 3.75. The summed E-state index contributed by atoms with van der Waals surface area (Å²) in [6.45, 7) is 3.26. The van der Waals surface area contributed by atoms with E-state index in [0.29, 0.717) is 46.7 Å². The summed E-state index contributed by atoms with van der Waals surface area (Å²) in [4.78, 5) is 28.5. The van der Waals surface area contributed by atoms with Gasteiger partial charge in [0.15, 0.2) is 4.77 Å². The van der Waals surface area contributed by atoms with Gasteiger partial charge < -0.3 is 15.0 Å². The zero-order valence-corrected chi connectivity index (χ0v) is 16.7. The number of carbonyl (C=O) groups is 1. The standard InChI is InChI=1S/C20H27N3O3S/c1-13-6-3-4-7-16(13)21-18(24)14-8-9-15-17(12-14)22-20(27)23(19(15)25)10-5-11-26-2/h8-9,12-13,16H,3-7,10-11H2,1-2H3,(H,21,24)(H,22,27). The largest absolute Gasteiger partial charge is 0.385 e. The van der Waals surface area contributed by atoms with Crippen LogP contribution in [0.5, 0.6) is 0 Å². The summed E-state index contributed by atoms with van der Waals surface area (Å²) in [7, 11) is 1.63. The number of nitrogens with zero attached hydrogens (tertiary/aromatic N) is 1. The fraction of sp³-hybridized carbons (Fsp3) is 0.550. The van der Waals surface area contributed by atoms with Gasteiger partial charge in [0.1, 0.15) is 0 Å². The van der Waals surface area contributed by atoms with Crippen LogP contribution in [0.2, 0.25) is 0 Å². The van der Waals surface area contributed by atoms with Gasteiger partial charge in [0, 0.05) is 31.9 Å². The van der Waals surface area contributed by atoms with Gasteiger partial charge in [-0.3, -0.25) is 14.2 Å². The molecule has 27 heavy (non-hydrogen) atoms. The minimum atomic E-state index is -0.141. The number of carbonyl (C=O) groups excluding carboxylic acids is 1. The molecule has 1 amide bonds. The number of aromatic nitrogens is 2. The summed E-state index contributed by atoms with van der Waals surface area (Å²) in [6, 6.07) is 5.35. The molecule has 3 rings (SSSR count). The van der Waals surface area contributed by atoms with Crippen LogP contribution in [0.1, 0.15) is 49.4 Å². The summed E-state index contributed by atoms with van der Waals surface area (Å²) in [5, 5.41) is 3.68. The first-order valence-corrected chi connectivity index (χ1v) is 9.98. The van der Waals surface area contributed by atoms with Crippen LogP contribution in [0.3, 0.4) is 0 Å². The van der Waals surface area contributed by atoms with Crippen LogP contribution in [-0.4, -0.2) is 35.2 Å². The second-order valence-corrected chi connectivity index (χ2v) is 7.72. The summed E-state index contributed by atoms with van der Waals surface area (Å²) >= 11 is 5.34. The first-order chi connectivity index (χ1) is 13.0. The number of rotatable bonds is 6. The Kier molecular flexibility index (Phi) is 6.44. The Morgan fingerprint density at radius 2 is 2.15 bits per heavy atom. The van der Waals surface area contributed by atoms with Gasteiger partial charge >= 0.3 is 0 Å². The third-order valence-corrected chi connectivity index (χ3v) is 5.72. The average Bonchev–Trinajstić information content (AvgIpc) is 2.65. The lowest BCUT2D eigenvalue weighted by atomic mass is 9.86. The van der Waals surface area contributed by atoms with E-state index in [0.717, 1.165) is 19.3 Å². The van der Waals surface area contributed by atoms with Crippen LogP contribution in [0.25, 0.3) is 10.9 Å². The first kappa shape index (κ1) is 19.8. The van der Waals surface area contributed by atoms with Crippen molar-refractivity contribution in [3.63, 3.8) is 0 Å². The van der Waals surface area contributed by atoms with Crippen LogP contribution in [0.15, 0.2) is 23.0 Å². The number of nitrogens with one attached hydrogen (secondary N) is 2. The predicted molar refractivity (Wildman–Crippen MR) is 109 cm³/mol. The minimum absolute atomic E-state index is 0.0979. The van der Waals surface area contributed by atoms with Crippen molar-refractivity contribution in [1.82, 2.24) is 14.9 Å². The third kappa shape index (κ3) is 4.47. The van der Waals surface area contributed by atoms with Crippen molar-refractivity contribution in [2.75, 3.05) is 13.7 Å². The summed E-state index contributed by atoms with van der Waals surface area (Å²) in [5.74, 6) is 0.396. The van der Waals surface area contributed by atoms with E-state index in [9.17, 15) is 9.59 Å². The maximum absolute atomic E-state index is 12.7. The molecule has 146 valence electrons. The molecule has 1 aromatic heterocycles. The molecule has 1 aliphatic rings. The number of hydrogen-bond donors (Lipinski definition) is 2. The Balaban J connectivity index is 1.84. The van der Waals surface area contributed by atoms with Crippen LogP contribution in [0, 0.1) is 10.7 Å². The highest BCUT2D eigenvalue weighted by Crippen LogP contribution is 2.24. The van der Waals surface area contributed by atoms with Crippen molar-refractivity contribution >= 4 is 29.0 Å². The molecule has 2 aromatic rings. The molecule has 2 atom stereocenters. The molecule has 7 heteroatoms. The Labute approximate surface area is 163 Å². The van der Waals surface area contributed by atoms with E-state index in [4.69, 9.17) is 17.0 Å². The highest BCUT2D eigenvalue weighted by molar-refractivity contribution is 7.71. The zero-order valence-electron chi connectivity index (χ0n) is 15.9. The van der Waals surface area contributed by atoms with Crippen molar-refractivity contribution in [2.45, 2.75) is 51.6 Å². The lowest BCUT2D eigenvalue weighted by Crippen LogP contribution is -2.41. The lowest BCUT2D eigenvalue weighted by molar-refractivity contribution is 0.0910. The molecule has 0 bridgehead atoms. The molecule has 2 N–H and O–H groups in total. The SMILES string of the molecule is COCCCn1c(=S)[nH]c2cc(C(=O)NC3CCCCC3C)ccc2c1=O. The molecule has 1 fully saturated rings. The van der Waals surface area contributed by atoms with Crippen LogP contribution in [0.4, 0.5) is 0 Å². The second kappa shape index (κ2) is 8.80. The number of amides is 1. The molecule has 2 unspecified atom stereocenters. The minimum Gasteiger partial charge on any atom is -0.385 e. The Morgan fingerprint density at radius 1 is 1.37 bits per heavy atom. The summed E-state index contributed by atoms with van der Waals surface area (Å²) in [6.07, 6.45) is 5.27. The number of hydrogen-bond acceptors (Lipinski definition) is 4. The molecule has 1 saturated carbocycles. The van der Waals surface area contributed by atoms with Gasteiger partial charge in [-0.1, -0.05) is 19.8 Å². The number of methoxy groups -OCH3 is 1. The fourth-order valence-corrected chi connectivity index (χ4v) is 4.03. The van der Waals surface area contributed by atoms with Crippen LogP contribution in [-0.2, 0) is 11.3 Å². The van der Waals surface area contributed by atoms with Crippen molar-refractivity contribution in [3.8, 4) is 0 Å². The van der Waals surface area contributed by atoms with E-state index in [-0.39, 0.29) is 17.5 Å². The highest BCUT2D eigenvalue weighted by Gasteiger charge is 2.23. The van der Waals surface area contributed by atoms with Gasteiger partial charge in [-0.2, -0.15) is 0 Å². The Morgan fingerprint density at radius 3 is 2.89 bits per heavy atom. The normalized spacial score (nSPS) is 19.9. The monoisotopic (exact) mass is 389 g/mol. The smallest absolute Gasteiger partial charge is 0.262 e. The molecule has 1 aromatic carbocycles. The van der Waals surface area contributed by atoms with Gasteiger partial charge in [0.2, 0.25) is 0 Å². The summed E-state index contributed by atoms with van der Waals surface area (Å²) < 4.78 is 6.94. The second-order valence-electron chi connectivity index (χ2n) is 7.34. The quantitative estimate of drug-likeness (QED) is 0.586. The number of aromatic amines is 1. The number of ether oxygens (including phenoxy) is 1.